The van der Waals surface area contributed by atoms with Crippen molar-refractivity contribution >= 4 is 11.6 Å². The van der Waals surface area contributed by atoms with Crippen LogP contribution in [0.2, 0.25) is 0 Å². The molecule has 0 radical (unpaired) electrons. The van der Waals surface area contributed by atoms with Gasteiger partial charge in [-0.1, -0.05) is 24.3 Å². The third kappa shape index (κ3) is 2.15. The lowest BCUT2D eigenvalue weighted by atomic mass is 9.82. The van der Waals surface area contributed by atoms with Gasteiger partial charge in [0.05, 0.1) is 12.5 Å². The van der Waals surface area contributed by atoms with E-state index in [0.29, 0.717) is 19.0 Å². The van der Waals surface area contributed by atoms with Gasteiger partial charge in [-0.25, -0.2) is 4.98 Å². The van der Waals surface area contributed by atoms with Crippen LogP contribution in [-0.2, 0) is 11.2 Å². The fraction of sp³-hybridized carbons (Fsp3) is 0.333. The maximum Gasteiger partial charge on any atom is 0.238 e. The third-order valence-electron chi connectivity index (χ3n) is 4.53. The van der Waals surface area contributed by atoms with Crippen LogP contribution in [0.15, 0.2) is 42.6 Å². The van der Waals surface area contributed by atoms with Gasteiger partial charge in [0.15, 0.2) is 0 Å². The molecule has 1 aromatic heterocycles. The van der Waals surface area contributed by atoms with Gasteiger partial charge >= 0.3 is 0 Å². The second-order valence-corrected chi connectivity index (χ2v) is 5.81. The summed E-state index contributed by atoms with van der Waals surface area (Å²) in [6, 6.07) is 12.1. The average molecular weight is 294 g/mol. The molecule has 1 atom stereocenters. The van der Waals surface area contributed by atoms with E-state index in [1.165, 1.54) is 11.1 Å². The molecular weight excluding hydrogens is 276 g/mol. The first-order chi connectivity index (χ1) is 10.8. The van der Waals surface area contributed by atoms with Gasteiger partial charge in [-0.15, -0.1) is 0 Å². The minimum atomic E-state index is -0.0453. The van der Waals surface area contributed by atoms with E-state index in [4.69, 9.17) is 4.74 Å². The van der Waals surface area contributed by atoms with Crippen molar-refractivity contribution in [2.45, 2.75) is 25.2 Å². The molecule has 0 bridgehead atoms. The van der Waals surface area contributed by atoms with Gasteiger partial charge in [0.25, 0.3) is 0 Å². The first kappa shape index (κ1) is 13.3. The second-order valence-electron chi connectivity index (χ2n) is 5.81. The molecule has 0 N–H and O–H groups in total. The minimum absolute atomic E-state index is 0.0453. The van der Waals surface area contributed by atoms with Gasteiger partial charge in [-0.3, -0.25) is 4.79 Å². The fourth-order valence-corrected chi connectivity index (χ4v) is 3.48. The summed E-state index contributed by atoms with van der Waals surface area (Å²) in [5.74, 6) is 0.687. The van der Waals surface area contributed by atoms with Crippen LogP contribution in [0.3, 0.4) is 0 Å². The van der Waals surface area contributed by atoms with E-state index in [2.05, 4.69) is 23.2 Å². The van der Waals surface area contributed by atoms with Crippen LogP contribution in [0.5, 0.6) is 5.88 Å². The zero-order chi connectivity index (χ0) is 14.9. The van der Waals surface area contributed by atoms with Crippen LogP contribution >= 0.6 is 0 Å². The SMILES string of the molecule is O=C(C1CCCc2ccccc21)N1CCOc2ncccc21. The molecule has 4 nitrogen and oxygen atoms in total. The molecule has 1 amide bonds. The van der Waals surface area contributed by atoms with Crippen LogP contribution in [0, 0.1) is 0 Å². The van der Waals surface area contributed by atoms with Crippen LogP contribution < -0.4 is 9.64 Å². The van der Waals surface area contributed by atoms with E-state index in [-0.39, 0.29) is 11.8 Å². The summed E-state index contributed by atoms with van der Waals surface area (Å²) in [7, 11) is 0. The zero-order valence-electron chi connectivity index (χ0n) is 12.4. The first-order valence-electron chi connectivity index (χ1n) is 7.81. The molecule has 2 aromatic rings. The largest absolute Gasteiger partial charge is 0.474 e. The number of rotatable bonds is 1. The summed E-state index contributed by atoms with van der Waals surface area (Å²) in [6.07, 6.45) is 4.75. The summed E-state index contributed by atoms with van der Waals surface area (Å²) in [4.78, 5) is 19.2. The Kier molecular flexibility index (Phi) is 3.29. The van der Waals surface area contributed by atoms with Crippen molar-refractivity contribution in [3.63, 3.8) is 0 Å². The Morgan fingerprint density at radius 3 is 3.09 bits per heavy atom. The Morgan fingerprint density at radius 2 is 2.14 bits per heavy atom. The second kappa shape index (κ2) is 5.44. The van der Waals surface area contributed by atoms with Gasteiger partial charge in [-0.05, 0) is 42.5 Å². The quantitative estimate of drug-likeness (QED) is 0.812. The minimum Gasteiger partial charge on any atom is -0.474 e. The van der Waals surface area contributed by atoms with Crippen LogP contribution in [0.1, 0.15) is 29.9 Å². The molecule has 0 saturated carbocycles. The lowest BCUT2D eigenvalue weighted by molar-refractivity contribution is -0.120. The van der Waals surface area contributed by atoms with Gasteiger partial charge in [0.2, 0.25) is 11.8 Å². The molecule has 0 fully saturated rings. The lowest BCUT2D eigenvalue weighted by Gasteiger charge is -2.33. The monoisotopic (exact) mass is 294 g/mol. The topological polar surface area (TPSA) is 42.4 Å². The molecule has 4 heteroatoms. The number of hydrogen-bond donors (Lipinski definition) is 0. The van der Waals surface area contributed by atoms with Crippen molar-refractivity contribution in [3.8, 4) is 5.88 Å². The molecule has 0 spiro atoms. The van der Waals surface area contributed by atoms with Gasteiger partial charge in [-0.2, -0.15) is 0 Å². The third-order valence-corrected chi connectivity index (χ3v) is 4.53. The average Bonchev–Trinajstić information content (AvgIpc) is 2.60. The number of hydrogen-bond acceptors (Lipinski definition) is 3. The number of carbonyl (C=O) groups is 1. The number of carbonyl (C=O) groups excluding carboxylic acids is 1. The maximum atomic E-state index is 13.1. The highest BCUT2D eigenvalue weighted by Gasteiger charge is 2.33. The number of amides is 1. The molecule has 22 heavy (non-hydrogen) atoms. The van der Waals surface area contributed by atoms with Crippen LogP contribution in [0.4, 0.5) is 5.69 Å². The Hall–Kier alpha value is -2.36. The van der Waals surface area contributed by atoms with Gasteiger partial charge in [0.1, 0.15) is 12.3 Å². The first-order valence-corrected chi connectivity index (χ1v) is 7.81. The van der Waals surface area contributed by atoms with Crippen LogP contribution in [0.25, 0.3) is 0 Å². The van der Waals surface area contributed by atoms with E-state index >= 15 is 0 Å². The molecular formula is C18H18N2O2. The molecule has 1 aliphatic carbocycles. The van der Waals surface area contributed by atoms with Crippen molar-refractivity contribution in [2.75, 3.05) is 18.1 Å². The Balaban J connectivity index is 1.69. The Morgan fingerprint density at radius 1 is 1.23 bits per heavy atom. The van der Waals surface area contributed by atoms with Crippen molar-refractivity contribution in [2.24, 2.45) is 0 Å². The highest BCUT2D eigenvalue weighted by molar-refractivity contribution is 5.99. The van der Waals surface area contributed by atoms with E-state index in [0.717, 1.165) is 24.9 Å². The number of nitrogens with zero attached hydrogens (tertiary/aromatic N) is 2. The summed E-state index contributed by atoms with van der Waals surface area (Å²) in [6.45, 7) is 1.10. The van der Waals surface area contributed by atoms with Crippen molar-refractivity contribution < 1.29 is 9.53 Å². The summed E-state index contributed by atoms with van der Waals surface area (Å²) in [5.41, 5.74) is 3.30. The number of benzene rings is 1. The van der Waals surface area contributed by atoms with Crippen molar-refractivity contribution in [1.82, 2.24) is 4.98 Å². The highest BCUT2D eigenvalue weighted by atomic mass is 16.5. The Labute approximate surface area is 129 Å². The lowest BCUT2D eigenvalue weighted by Crippen LogP contribution is -2.41. The number of fused-ring (bicyclic) bond motifs is 2. The zero-order valence-corrected chi connectivity index (χ0v) is 12.4. The molecule has 1 aliphatic heterocycles. The molecule has 2 heterocycles. The van der Waals surface area contributed by atoms with Crippen molar-refractivity contribution in [1.29, 1.82) is 0 Å². The number of ether oxygens (including phenoxy) is 1. The van der Waals surface area contributed by atoms with Crippen molar-refractivity contribution in [3.05, 3.63) is 53.7 Å². The number of pyridine rings is 1. The number of aromatic nitrogens is 1. The Bertz CT molecular complexity index is 654. The van der Waals surface area contributed by atoms with E-state index < -0.39 is 0 Å². The van der Waals surface area contributed by atoms with E-state index in [1.807, 2.05) is 23.1 Å². The highest BCUT2D eigenvalue weighted by Crippen LogP contribution is 2.36. The predicted octanol–water partition coefficient (Wildman–Crippen LogP) is 2.93. The summed E-state index contributed by atoms with van der Waals surface area (Å²) in [5, 5.41) is 0. The number of anilines is 1. The molecule has 2 aliphatic rings. The predicted molar refractivity (Wildman–Crippen MR) is 84.2 cm³/mol. The van der Waals surface area contributed by atoms with Gasteiger partial charge < -0.3 is 9.64 Å². The molecule has 0 saturated heterocycles. The molecule has 4 rings (SSSR count). The maximum absolute atomic E-state index is 13.1. The molecule has 1 unspecified atom stereocenters. The fourth-order valence-electron chi connectivity index (χ4n) is 3.48. The standard InChI is InChI=1S/C18H18N2O2/c21-18(15-8-3-6-13-5-1-2-7-14(13)15)20-11-12-22-17-16(20)9-4-10-19-17/h1-2,4-5,7,9-10,15H,3,6,8,11-12H2. The molecule has 1 aromatic carbocycles. The van der Waals surface area contributed by atoms with Crippen LogP contribution in [-0.4, -0.2) is 24.0 Å². The smallest absolute Gasteiger partial charge is 0.238 e. The summed E-state index contributed by atoms with van der Waals surface area (Å²) < 4.78 is 5.56. The molecule has 112 valence electrons. The number of aryl methyl sites for hydroxylation is 1. The summed E-state index contributed by atoms with van der Waals surface area (Å²) >= 11 is 0. The van der Waals surface area contributed by atoms with E-state index in [9.17, 15) is 4.79 Å². The van der Waals surface area contributed by atoms with E-state index in [1.54, 1.807) is 6.20 Å². The normalized spacial score (nSPS) is 19.8. The van der Waals surface area contributed by atoms with Gasteiger partial charge in [0, 0.05) is 6.20 Å².